The van der Waals surface area contributed by atoms with E-state index < -0.39 is 0 Å². The molecule has 0 saturated heterocycles. The van der Waals surface area contributed by atoms with Gasteiger partial charge in [-0.15, -0.1) is 11.8 Å². The first kappa shape index (κ1) is 12.8. The predicted octanol–water partition coefficient (Wildman–Crippen LogP) is 2.46. The van der Waals surface area contributed by atoms with Gasteiger partial charge in [0, 0.05) is 10.5 Å². The predicted molar refractivity (Wildman–Crippen MR) is 63.9 cm³/mol. The second-order valence-electron chi connectivity index (χ2n) is 3.40. The van der Waals surface area contributed by atoms with Crippen molar-refractivity contribution in [2.24, 2.45) is 0 Å². The molecule has 0 aliphatic rings. The lowest BCUT2D eigenvalue weighted by atomic mass is 10.1. The van der Waals surface area contributed by atoms with Crippen molar-refractivity contribution in [1.82, 2.24) is 0 Å². The number of methoxy groups -OCH3 is 1. The molecule has 0 unspecified atom stereocenters. The summed E-state index contributed by atoms with van der Waals surface area (Å²) in [4.78, 5) is 23.1. The Morgan fingerprint density at radius 3 is 2.56 bits per heavy atom. The molecule has 0 aliphatic heterocycles. The van der Waals surface area contributed by atoms with Crippen LogP contribution in [0.2, 0.25) is 0 Å². The van der Waals surface area contributed by atoms with Crippen LogP contribution in [0.25, 0.3) is 0 Å². The molecule has 0 atom stereocenters. The molecule has 1 aromatic carbocycles. The molecule has 4 heteroatoms. The van der Waals surface area contributed by atoms with Crippen LogP contribution in [0.5, 0.6) is 0 Å². The summed E-state index contributed by atoms with van der Waals surface area (Å²) in [6, 6.07) is 5.47. The van der Waals surface area contributed by atoms with E-state index in [4.69, 9.17) is 0 Å². The second-order valence-corrected chi connectivity index (χ2v) is 4.42. The average molecular weight is 238 g/mol. The standard InChI is InChI=1S/C12H14O3S/c1-8-6-10(9(2)13)4-5-11(8)16-7-12(14)15-3/h4-6H,7H2,1-3H3. The molecule has 3 nitrogen and oxygen atoms in total. The van der Waals surface area contributed by atoms with Gasteiger partial charge in [0.05, 0.1) is 12.9 Å². The molecule has 0 heterocycles. The Kier molecular flexibility index (Phi) is 4.55. The van der Waals surface area contributed by atoms with Crippen LogP contribution in [-0.2, 0) is 9.53 Å². The first-order valence-electron chi connectivity index (χ1n) is 4.86. The van der Waals surface area contributed by atoms with Gasteiger partial charge >= 0.3 is 5.97 Å². The van der Waals surface area contributed by atoms with Gasteiger partial charge in [-0.3, -0.25) is 9.59 Å². The highest BCUT2D eigenvalue weighted by atomic mass is 32.2. The molecule has 0 radical (unpaired) electrons. The number of esters is 1. The van der Waals surface area contributed by atoms with Gasteiger partial charge in [-0.2, -0.15) is 0 Å². The third-order valence-electron chi connectivity index (χ3n) is 2.15. The average Bonchev–Trinajstić information content (AvgIpc) is 2.26. The summed E-state index contributed by atoms with van der Waals surface area (Å²) in [6.07, 6.45) is 0. The molecule has 16 heavy (non-hydrogen) atoms. The van der Waals surface area contributed by atoms with Crippen molar-refractivity contribution >= 4 is 23.5 Å². The molecule has 0 spiro atoms. The smallest absolute Gasteiger partial charge is 0.315 e. The summed E-state index contributed by atoms with van der Waals surface area (Å²) in [5.41, 5.74) is 1.70. The summed E-state index contributed by atoms with van der Waals surface area (Å²) in [7, 11) is 1.37. The van der Waals surface area contributed by atoms with E-state index in [-0.39, 0.29) is 17.5 Å². The van der Waals surface area contributed by atoms with Gasteiger partial charge in [0.2, 0.25) is 0 Å². The summed E-state index contributed by atoms with van der Waals surface area (Å²) in [5, 5.41) is 0. The molecule has 0 saturated carbocycles. The fourth-order valence-corrected chi connectivity index (χ4v) is 2.07. The van der Waals surface area contributed by atoms with Gasteiger partial charge < -0.3 is 4.74 Å². The largest absolute Gasteiger partial charge is 0.468 e. The Hall–Kier alpha value is -1.29. The maximum atomic E-state index is 11.1. The van der Waals surface area contributed by atoms with Crippen molar-refractivity contribution in [3.63, 3.8) is 0 Å². The monoisotopic (exact) mass is 238 g/mol. The molecule has 0 N–H and O–H groups in total. The van der Waals surface area contributed by atoms with Crippen molar-refractivity contribution in [2.75, 3.05) is 12.9 Å². The molecular formula is C12H14O3S. The normalized spacial score (nSPS) is 9.94. The van der Waals surface area contributed by atoms with Crippen LogP contribution in [-0.4, -0.2) is 24.6 Å². The summed E-state index contributed by atoms with van der Waals surface area (Å²) >= 11 is 1.41. The van der Waals surface area contributed by atoms with Crippen molar-refractivity contribution < 1.29 is 14.3 Å². The maximum absolute atomic E-state index is 11.1. The fraction of sp³-hybridized carbons (Fsp3) is 0.333. The van der Waals surface area contributed by atoms with E-state index in [1.165, 1.54) is 25.8 Å². The number of aryl methyl sites for hydroxylation is 1. The molecule has 0 fully saturated rings. The number of rotatable bonds is 4. The first-order chi connectivity index (χ1) is 7.54. The Morgan fingerprint density at radius 1 is 1.38 bits per heavy atom. The number of hydrogen-bond donors (Lipinski definition) is 0. The van der Waals surface area contributed by atoms with Crippen LogP contribution >= 0.6 is 11.8 Å². The Morgan fingerprint density at radius 2 is 2.06 bits per heavy atom. The van der Waals surface area contributed by atoms with Gasteiger partial charge in [-0.25, -0.2) is 0 Å². The number of Topliss-reactive ketones (excluding diaryl/α,β-unsaturated/α-hetero) is 1. The van der Waals surface area contributed by atoms with Crippen molar-refractivity contribution in [1.29, 1.82) is 0 Å². The van der Waals surface area contributed by atoms with Gasteiger partial charge in [-0.05, 0) is 31.5 Å². The number of ether oxygens (including phenoxy) is 1. The SMILES string of the molecule is COC(=O)CSc1ccc(C(C)=O)cc1C. The molecule has 1 rings (SSSR count). The minimum absolute atomic E-state index is 0.0487. The third kappa shape index (κ3) is 3.38. The lowest BCUT2D eigenvalue weighted by molar-refractivity contribution is -0.137. The zero-order valence-corrected chi connectivity index (χ0v) is 10.4. The summed E-state index contributed by atoms with van der Waals surface area (Å²) < 4.78 is 4.56. The quantitative estimate of drug-likeness (QED) is 0.459. The lowest BCUT2D eigenvalue weighted by Gasteiger charge is -2.06. The number of ketones is 1. The van der Waals surface area contributed by atoms with E-state index in [1.807, 2.05) is 19.1 Å². The maximum Gasteiger partial charge on any atom is 0.315 e. The minimum Gasteiger partial charge on any atom is -0.468 e. The fourth-order valence-electron chi connectivity index (χ4n) is 1.23. The van der Waals surface area contributed by atoms with Crippen LogP contribution < -0.4 is 0 Å². The molecule has 0 aromatic heterocycles. The van der Waals surface area contributed by atoms with E-state index >= 15 is 0 Å². The van der Waals surface area contributed by atoms with E-state index in [0.717, 1.165) is 10.5 Å². The lowest BCUT2D eigenvalue weighted by Crippen LogP contribution is -2.03. The van der Waals surface area contributed by atoms with Gasteiger partial charge in [0.1, 0.15) is 0 Å². The highest BCUT2D eigenvalue weighted by Crippen LogP contribution is 2.23. The molecule has 0 aliphatic carbocycles. The van der Waals surface area contributed by atoms with Crippen LogP contribution in [0.1, 0.15) is 22.8 Å². The van der Waals surface area contributed by atoms with Gasteiger partial charge in [0.25, 0.3) is 0 Å². The molecule has 0 amide bonds. The van der Waals surface area contributed by atoms with Crippen molar-refractivity contribution in [2.45, 2.75) is 18.7 Å². The van der Waals surface area contributed by atoms with Gasteiger partial charge in [0.15, 0.2) is 5.78 Å². The topological polar surface area (TPSA) is 43.4 Å². The van der Waals surface area contributed by atoms with Crippen LogP contribution in [0.4, 0.5) is 0 Å². The minimum atomic E-state index is -0.250. The Balaban J connectivity index is 2.75. The van der Waals surface area contributed by atoms with E-state index in [2.05, 4.69) is 4.74 Å². The summed E-state index contributed by atoms with van der Waals surface area (Å²) in [6.45, 7) is 3.46. The van der Waals surface area contributed by atoms with Crippen LogP contribution in [0.15, 0.2) is 23.1 Å². The van der Waals surface area contributed by atoms with Crippen LogP contribution in [0, 0.1) is 6.92 Å². The zero-order chi connectivity index (χ0) is 12.1. The molecular weight excluding hydrogens is 224 g/mol. The number of carbonyl (C=O) groups excluding carboxylic acids is 2. The Bertz CT molecular complexity index is 413. The first-order valence-corrected chi connectivity index (χ1v) is 5.84. The Labute approximate surface area is 99.2 Å². The number of carbonyl (C=O) groups is 2. The van der Waals surface area contributed by atoms with Crippen LogP contribution in [0.3, 0.4) is 0 Å². The zero-order valence-electron chi connectivity index (χ0n) is 9.57. The number of thioether (sulfide) groups is 1. The van der Waals surface area contributed by atoms with Crippen molar-refractivity contribution in [3.8, 4) is 0 Å². The van der Waals surface area contributed by atoms with E-state index in [9.17, 15) is 9.59 Å². The third-order valence-corrected chi connectivity index (χ3v) is 3.30. The van der Waals surface area contributed by atoms with Gasteiger partial charge in [-0.1, -0.05) is 6.07 Å². The van der Waals surface area contributed by atoms with Crippen molar-refractivity contribution in [3.05, 3.63) is 29.3 Å². The summed E-state index contributed by atoms with van der Waals surface area (Å²) in [5.74, 6) is 0.0872. The molecule has 86 valence electrons. The second kappa shape index (κ2) is 5.70. The molecule has 1 aromatic rings. The highest BCUT2D eigenvalue weighted by Gasteiger charge is 2.06. The highest BCUT2D eigenvalue weighted by molar-refractivity contribution is 8.00. The van der Waals surface area contributed by atoms with E-state index in [1.54, 1.807) is 6.07 Å². The number of benzene rings is 1. The number of hydrogen-bond acceptors (Lipinski definition) is 4. The van der Waals surface area contributed by atoms with E-state index in [0.29, 0.717) is 5.56 Å². The molecule has 0 bridgehead atoms.